The standard InChI is InChI=1S/C53H70O9Si2.C22H30O4SeSi.C17H31IO4.2CH4/c1-38-35-39(2)48(51(55)57-33-34-63(10,11)12)42(36-38)25-22-30-47-49(61-53(7,8)60-47)46(59-50(54)41-23-16-13-17-24-41)32-31-45(58-37-56-9)40(3)62-64(52(4,5)6,43-26-18-14-19-27-43)44-28-20-15-21-29-44;1-17-13-18(15-27-19-9-7-6-8-10-19)21(20(14-17)26-16-24-2)22(23)25-11-12-28(3,4)5;1-12(2)14(20-11-19-6)8-7-13(3)16-15(9-10-18)21-17(4,5)22-16;;/h13-29,31-32,35-36,40,45-47,49H,30,33-34,37H2,1-12H3;6-10,13-14H,11-12,15-16H2,1-5H3;7-8,12-16H,9-11H2,1-6H3;2*1H4/b25-22+,32-31-;;8-7-;;/t40-,45+,46?,47-,49+;;13?,14-,15+,16-;;/m0.1../s1/i;;;2*1T. The molecule has 642 valence electrons. The average Bonchev–Trinajstić information content (AvgIpc) is 1.56. The maximum absolute atomic E-state index is 13.9. The topological polar surface area (TPSA) is 180 Å². The molecule has 2 aliphatic rings. The second-order valence-electron chi connectivity index (χ2n) is 34.0. The van der Waals surface area contributed by atoms with Gasteiger partial charge in [-0.05, 0) is 118 Å². The van der Waals surface area contributed by atoms with Crippen molar-refractivity contribution in [3.8, 4) is 5.75 Å². The normalized spacial score (nSPS) is 18.2. The van der Waals surface area contributed by atoms with Gasteiger partial charge < -0.3 is 51.8 Å². The van der Waals surface area contributed by atoms with E-state index in [1.807, 2.05) is 134 Å². The zero-order valence-corrected chi connectivity index (χ0v) is 81.0. The molecule has 2 aliphatic heterocycles. The van der Waals surface area contributed by atoms with Gasteiger partial charge in [0.05, 0.1) is 48.3 Å². The van der Waals surface area contributed by atoms with Crippen LogP contribution in [0.4, 0.5) is 0 Å². The number of alkyl halides is 1. The molecule has 8 rings (SSSR count). The Bertz CT molecular complexity index is 3950. The molecule has 6 aromatic rings. The van der Waals surface area contributed by atoms with E-state index in [2.05, 4.69) is 182 Å². The van der Waals surface area contributed by atoms with Crippen molar-refractivity contribution in [2.75, 3.05) is 59.3 Å². The molecule has 0 spiro atoms. The summed E-state index contributed by atoms with van der Waals surface area (Å²) in [6, 6.07) is 50.0. The molecule has 2 unspecified atom stereocenters. The van der Waals surface area contributed by atoms with Crippen molar-refractivity contribution in [1.82, 2.24) is 0 Å². The molecule has 22 heteroatoms. The van der Waals surface area contributed by atoms with Gasteiger partial charge in [-0.2, -0.15) is 0 Å². The van der Waals surface area contributed by atoms with E-state index in [4.69, 9.17) is 68.7 Å². The first-order valence-corrected chi connectivity index (χ1v) is 52.7. The number of halogens is 1. The second-order valence-corrected chi connectivity index (χ2v) is 52.7. The fourth-order valence-corrected chi connectivity index (χ4v) is 22.2. The van der Waals surface area contributed by atoms with Crippen molar-refractivity contribution in [3.05, 3.63) is 220 Å². The van der Waals surface area contributed by atoms with E-state index in [0.717, 1.165) is 66.4 Å². The molecule has 17 nitrogen and oxygen atoms in total. The van der Waals surface area contributed by atoms with Crippen LogP contribution in [-0.4, -0.2) is 177 Å². The van der Waals surface area contributed by atoms with Crippen molar-refractivity contribution in [3.63, 3.8) is 0 Å². The summed E-state index contributed by atoms with van der Waals surface area (Å²) < 4.78 is 97.7. The maximum atomic E-state index is 13.9. The number of esters is 3. The van der Waals surface area contributed by atoms with Gasteiger partial charge in [0, 0.05) is 35.4 Å². The number of methoxy groups -OCH3 is 3. The molecular weight excluding hydrogens is 1690 g/mol. The van der Waals surface area contributed by atoms with Crippen LogP contribution in [0.5, 0.6) is 5.75 Å². The Balaban J connectivity index is 0.000000442. The van der Waals surface area contributed by atoms with Crippen molar-refractivity contribution >= 4 is 101 Å². The molecule has 0 bridgehead atoms. The minimum absolute atomic E-state index is 0.00764. The first-order chi connectivity index (χ1) is 55.8. The molecule has 6 aromatic carbocycles. The molecule has 0 aromatic heterocycles. The largest absolute Gasteiger partial charge is 0.0776 e. The third-order valence-corrected chi connectivity index (χ3v) is 30.6. The number of carbonyl (C=O) groups excluding carboxylic acids is 3. The van der Waals surface area contributed by atoms with Crippen molar-refractivity contribution in [2.45, 2.75) is 247 Å². The smallest absolute Gasteiger partial charge is 0.0194 e. The maximum Gasteiger partial charge on any atom is 0.0194 e. The molecule has 2 fully saturated rings. The van der Waals surface area contributed by atoms with Crippen LogP contribution >= 0.6 is 22.6 Å². The number of carbonyl (C=O) groups is 3. The summed E-state index contributed by atoms with van der Waals surface area (Å²) in [5.41, 5.74) is 6.19. The van der Waals surface area contributed by atoms with Gasteiger partial charge in [0.15, 0.2) is 11.6 Å². The van der Waals surface area contributed by atoms with Gasteiger partial charge >= 0.3 is 188 Å². The summed E-state index contributed by atoms with van der Waals surface area (Å²) >= 11 is 2.61. The molecule has 2 saturated heterocycles. The van der Waals surface area contributed by atoms with Crippen LogP contribution < -0.4 is 19.6 Å². The molecule has 116 heavy (non-hydrogen) atoms. The fraction of sp³-hybridized carbons (Fsp3) is 0.521. The van der Waals surface area contributed by atoms with Gasteiger partial charge in [-0.1, -0.05) is 226 Å². The van der Waals surface area contributed by atoms with Crippen LogP contribution in [0.2, 0.25) is 56.4 Å². The Kier molecular flexibility index (Phi) is 42.0. The van der Waals surface area contributed by atoms with Crippen LogP contribution in [0.3, 0.4) is 0 Å². The summed E-state index contributed by atoms with van der Waals surface area (Å²) in [7, 11) is 1.65. The molecule has 2 heterocycles. The summed E-state index contributed by atoms with van der Waals surface area (Å²) in [5.74, 6) is -1.40. The number of rotatable bonds is 39. The Labute approximate surface area is 723 Å². The van der Waals surface area contributed by atoms with Gasteiger partial charge in [-0.25, -0.2) is 9.59 Å². The third kappa shape index (κ3) is 33.0. The van der Waals surface area contributed by atoms with Crippen LogP contribution in [0.25, 0.3) is 6.08 Å². The molecule has 0 N–H and O–H groups in total. The minimum atomic E-state index is -2.99. The van der Waals surface area contributed by atoms with Crippen molar-refractivity contribution in [2.24, 2.45) is 11.8 Å². The van der Waals surface area contributed by atoms with E-state index >= 15 is 0 Å². The van der Waals surface area contributed by atoms with E-state index in [1.54, 1.807) is 45.6 Å². The van der Waals surface area contributed by atoms with Gasteiger partial charge in [0.2, 0.25) is 0 Å². The Hall–Kier alpha value is -5.75. The van der Waals surface area contributed by atoms with Gasteiger partial charge in [-0.3, -0.25) is 0 Å². The quantitative estimate of drug-likeness (QED) is 0.00675. The molecule has 0 saturated carbocycles. The van der Waals surface area contributed by atoms with Crippen molar-refractivity contribution < 1.29 is 83.1 Å². The van der Waals surface area contributed by atoms with Crippen LogP contribution in [-0.2, 0) is 66.6 Å². The van der Waals surface area contributed by atoms with E-state index in [-0.39, 0.29) is 69.7 Å². The average molecular weight is 1840 g/mol. The molecule has 0 amide bonds. The Morgan fingerprint density at radius 2 is 1.09 bits per heavy atom. The van der Waals surface area contributed by atoms with E-state index in [1.165, 1.54) is 19.3 Å². The minimum Gasteiger partial charge on any atom is -0.0776 e. The molecular formula is C94H139IO17SeSi3. The number of hydrogen-bond acceptors (Lipinski definition) is 17. The second kappa shape index (κ2) is 49.2. The first-order valence-electron chi connectivity index (χ1n) is 41.8. The Morgan fingerprint density at radius 3 is 1.60 bits per heavy atom. The van der Waals surface area contributed by atoms with Gasteiger partial charge in [0.1, 0.15) is 31.9 Å². The predicted molar refractivity (Wildman–Crippen MR) is 490 cm³/mol. The summed E-state index contributed by atoms with van der Waals surface area (Å²) in [5, 5.41) is 2.82. The monoisotopic (exact) mass is 1830 g/mol. The zero-order chi connectivity index (χ0) is 88.0. The number of benzene rings is 6. The zero-order valence-electron chi connectivity index (χ0n) is 76.1. The van der Waals surface area contributed by atoms with E-state index < -0.39 is 72.5 Å². The first kappa shape index (κ1) is 99.1. The SMILES string of the molecule is COCO[C@H](/C=C\C(C)[C@H]1OC(C)(C)O[C@H]1CCI)C(C)C.COCO[C@H](/C=C\C(OC(=O)c1ccccc1)[C@H]1OC(C)(C)O[C@H]1C/C=C/c1cc(C)cc(C)c1C(=O)OCC[Si](C)(C)C)[C@H](C)O[Si](c1ccccc1)(c1ccccc1)C(C)(C)C.COCOc1cc(C)cc(C[Se]c2ccccc2)c1C(=O)OCC[Si](C)(C)C.[3H]C.[3H]C. The molecule has 0 radical (unpaired) electrons. The fourth-order valence-electron chi connectivity index (χ4n) is 13.6. The van der Waals surface area contributed by atoms with Crippen LogP contribution in [0.15, 0.2) is 176 Å². The molecule has 0 aliphatic carbocycles. The van der Waals surface area contributed by atoms with E-state index in [0.29, 0.717) is 54.8 Å². The summed E-state index contributed by atoms with van der Waals surface area (Å²) in [6.45, 7) is 43.7. The number of ether oxygens (including phenoxy) is 13. The summed E-state index contributed by atoms with van der Waals surface area (Å²) in [6.07, 6.45) is 10.4. The van der Waals surface area contributed by atoms with E-state index in [9.17, 15) is 14.4 Å². The Morgan fingerprint density at radius 1 is 0.595 bits per heavy atom. The van der Waals surface area contributed by atoms with Gasteiger partial charge in [-0.15, -0.1) is 0 Å². The predicted octanol–water partition coefficient (Wildman–Crippen LogP) is 19.9. The van der Waals surface area contributed by atoms with Gasteiger partial charge in [0.25, 0.3) is 8.32 Å². The van der Waals surface area contributed by atoms with Crippen LogP contribution in [0.1, 0.15) is 165 Å². The number of hydrogen-bond donors (Lipinski definition) is 0. The number of aryl methyl sites for hydroxylation is 3. The molecule has 9 atom stereocenters. The van der Waals surface area contributed by atoms with Crippen LogP contribution in [0, 0.1) is 32.6 Å². The summed E-state index contributed by atoms with van der Waals surface area (Å²) in [4.78, 5) is 40.3. The third-order valence-electron chi connectivity index (χ3n) is 19.2. The van der Waals surface area contributed by atoms with Crippen molar-refractivity contribution in [1.29, 1.82) is 0 Å².